The molecule has 4 saturated carbocycles. The van der Waals surface area contributed by atoms with E-state index in [1.807, 2.05) is 12.1 Å². The van der Waals surface area contributed by atoms with Gasteiger partial charge in [-0.1, -0.05) is 12.1 Å². The van der Waals surface area contributed by atoms with Gasteiger partial charge in [0.25, 0.3) is 14.2 Å². The number of non-ortho nitro benzene ring substituents is 1. The van der Waals surface area contributed by atoms with Gasteiger partial charge in [-0.2, -0.15) is 5.26 Å². The molecular formula is C33H51N4O7P. The molecule has 250 valence electrons. The first-order valence-electron chi connectivity index (χ1n) is 16.4. The van der Waals surface area contributed by atoms with Crippen LogP contribution in [0.5, 0.6) is 0 Å². The van der Waals surface area contributed by atoms with Crippen molar-refractivity contribution in [2.45, 2.75) is 96.6 Å². The highest BCUT2D eigenvalue weighted by molar-refractivity contribution is 7.44. The summed E-state index contributed by atoms with van der Waals surface area (Å²) in [5, 5.41) is 23.1. The number of nitriles is 1. The van der Waals surface area contributed by atoms with Crippen molar-refractivity contribution in [2.75, 3.05) is 46.2 Å². The molecule has 1 amide bonds. The molecule has 3 unspecified atom stereocenters. The highest BCUT2D eigenvalue weighted by Crippen LogP contribution is 2.66. The van der Waals surface area contributed by atoms with Gasteiger partial charge in [0.2, 0.25) is 5.91 Å². The van der Waals surface area contributed by atoms with Crippen LogP contribution in [0.15, 0.2) is 24.3 Å². The largest absolute Gasteiger partial charge is 0.377 e. The Bertz CT molecular complexity index is 1140. The van der Waals surface area contributed by atoms with Crippen molar-refractivity contribution < 1.29 is 28.2 Å². The van der Waals surface area contributed by atoms with Gasteiger partial charge in [-0.3, -0.25) is 14.9 Å². The fraction of sp³-hybridized carbons (Fsp3) is 0.758. The molecule has 4 aliphatic carbocycles. The van der Waals surface area contributed by atoms with Crippen molar-refractivity contribution in [2.24, 2.45) is 17.3 Å². The lowest BCUT2D eigenvalue weighted by Crippen LogP contribution is -2.55. The van der Waals surface area contributed by atoms with Crippen LogP contribution in [0.2, 0.25) is 0 Å². The minimum absolute atomic E-state index is 0.00911. The minimum atomic E-state index is -1.27. The second-order valence-corrected chi connectivity index (χ2v) is 15.1. The Kier molecular flexibility index (Phi) is 13.1. The number of nitro groups is 1. The number of carbonyl (C=O) groups is 1. The van der Waals surface area contributed by atoms with Gasteiger partial charge in [-0.15, -0.1) is 0 Å². The molecule has 11 nitrogen and oxygen atoms in total. The summed E-state index contributed by atoms with van der Waals surface area (Å²) >= 11 is 0. The Labute approximate surface area is 269 Å². The van der Waals surface area contributed by atoms with Crippen LogP contribution in [0.25, 0.3) is 0 Å². The second-order valence-electron chi connectivity index (χ2n) is 13.7. The first-order chi connectivity index (χ1) is 21.6. The second kappa shape index (κ2) is 16.6. The number of nitro benzene ring substituents is 1. The van der Waals surface area contributed by atoms with E-state index in [4.69, 9.17) is 23.8 Å². The summed E-state index contributed by atoms with van der Waals surface area (Å²) in [6.45, 7) is 11.3. The summed E-state index contributed by atoms with van der Waals surface area (Å²) in [7, 11) is -1.27. The molecule has 0 heterocycles. The third-order valence-corrected chi connectivity index (χ3v) is 11.5. The van der Waals surface area contributed by atoms with E-state index in [0.29, 0.717) is 70.9 Å². The van der Waals surface area contributed by atoms with Crippen LogP contribution < -0.4 is 5.32 Å². The quantitative estimate of drug-likeness (QED) is 0.0753. The molecule has 0 spiro atoms. The molecule has 12 heteroatoms. The molecule has 5 atom stereocenters. The van der Waals surface area contributed by atoms with Gasteiger partial charge < -0.3 is 23.8 Å². The van der Waals surface area contributed by atoms with Crippen LogP contribution in [-0.4, -0.2) is 73.8 Å². The molecule has 45 heavy (non-hydrogen) atoms. The van der Waals surface area contributed by atoms with Gasteiger partial charge in [-0.25, -0.2) is 4.67 Å². The van der Waals surface area contributed by atoms with Gasteiger partial charge in [-0.05, 0) is 94.4 Å². The maximum Gasteiger partial charge on any atom is 0.269 e. The lowest BCUT2D eigenvalue weighted by Gasteiger charge is -2.62. The average molecular weight is 647 g/mol. The number of amides is 1. The molecule has 4 fully saturated rings. The minimum Gasteiger partial charge on any atom is -0.377 e. The van der Waals surface area contributed by atoms with Crippen molar-refractivity contribution in [1.29, 1.82) is 5.26 Å². The summed E-state index contributed by atoms with van der Waals surface area (Å²) in [4.78, 5) is 23.9. The Hall–Kier alpha value is -2.19. The van der Waals surface area contributed by atoms with Gasteiger partial charge in [0, 0.05) is 37.2 Å². The zero-order valence-electron chi connectivity index (χ0n) is 27.4. The number of nitrogens with one attached hydrogen (secondary N) is 1. The third kappa shape index (κ3) is 9.66. The van der Waals surface area contributed by atoms with E-state index < -0.39 is 8.53 Å². The van der Waals surface area contributed by atoms with Crippen molar-refractivity contribution in [1.82, 2.24) is 9.99 Å². The van der Waals surface area contributed by atoms with Crippen LogP contribution in [0, 0.1) is 38.7 Å². The summed E-state index contributed by atoms with van der Waals surface area (Å²) in [6.07, 6.45) is 7.53. The lowest BCUT2D eigenvalue weighted by molar-refractivity contribution is -0.384. The van der Waals surface area contributed by atoms with Crippen LogP contribution in [-0.2, 0) is 28.7 Å². The summed E-state index contributed by atoms with van der Waals surface area (Å²) in [5.74, 6) is 1.32. The van der Waals surface area contributed by atoms with Crippen molar-refractivity contribution >= 4 is 20.1 Å². The third-order valence-electron chi connectivity index (χ3n) is 9.44. The van der Waals surface area contributed by atoms with Gasteiger partial charge >= 0.3 is 0 Å². The van der Waals surface area contributed by atoms with Crippen LogP contribution in [0.3, 0.4) is 0 Å². The zero-order valence-corrected chi connectivity index (χ0v) is 28.3. The van der Waals surface area contributed by atoms with E-state index in [0.717, 1.165) is 32.1 Å². The number of hydrogen-bond donors (Lipinski definition) is 1. The molecule has 0 aliphatic heterocycles. The monoisotopic (exact) mass is 646 g/mol. The van der Waals surface area contributed by atoms with E-state index in [1.54, 1.807) is 12.1 Å². The normalized spacial score (nSPS) is 26.0. The first kappa shape index (κ1) is 35.7. The predicted octanol–water partition coefficient (Wildman–Crippen LogP) is 6.26. The SMILES string of the molecule is CC(C)N(C(C)C)P(OCCC#N)OCCOCCOCCNC(=O)CC12C[C@H]3C[C@@H](C1)CC(c1ccc([N+](=O)[O-])cc1)(C3)C2. The number of rotatable bonds is 20. The van der Waals surface area contributed by atoms with E-state index >= 15 is 0 Å². The smallest absolute Gasteiger partial charge is 0.269 e. The van der Waals surface area contributed by atoms with Gasteiger partial charge in [0.05, 0.1) is 57.1 Å². The van der Waals surface area contributed by atoms with E-state index in [1.165, 1.54) is 12.0 Å². The zero-order chi connectivity index (χ0) is 32.5. The highest BCUT2D eigenvalue weighted by atomic mass is 31.2. The molecule has 1 aromatic rings. The van der Waals surface area contributed by atoms with E-state index in [2.05, 4.69) is 43.8 Å². The first-order valence-corrected chi connectivity index (χ1v) is 17.6. The maximum atomic E-state index is 13.1. The molecule has 1 N–H and O–H groups in total. The van der Waals surface area contributed by atoms with Crippen molar-refractivity contribution in [3.8, 4) is 6.07 Å². The number of carbonyl (C=O) groups excluding carboxylic acids is 1. The molecule has 1 aromatic carbocycles. The van der Waals surface area contributed by atoms with Gasteiger partial charge in [0.15, 0.2) is 0 Å². The molecular weight excluding hydrogens is 595 g/mol. The summed E-state index contributed by atoms with van der Waals surface area (Å²) < 4.78 is 25.4. The maximum absolute atomic E-state index is 13.1. The number of hydrogen-bond acceptors (Lipinski definition) is 9. The molecule has 0 saturated heterocycles. The fourth-order valence-corrected chi connectivity index (χ4v) is 9.98. The Morgan fingerprint density at radius 1 is 1.00 bits per heavy atom. The number of benzene rings is 1. The Morgan fingerprint density at radius 2 is 1.60 bits per heavy atom. The Morgan fingerprint density at radius 3 is 2.20 bits per heavy atom. The van der Waals surface area contributed by atoms with Gasteiger partial charge in [0.1, 0.15) is 0 Å². The van der Waals surface area contributed by atoms with Crippen LogP contribution in [0.4, 0.5) is 5.69 Å². The molecule has 0 aromatic heterocycles. The summed E-state index contributed by atoms with van der Waals surface area (Å²) in [6, 6.07) is 9.77. The number of ether oxygens (including phenoxy) is 2. The lowest BCUT2D eigenvalue weighted by atomic mass is 9.42. The van der Waals surface area contributed by atoms with E-state index in [9.17, 15) is 14.9 Å². The molecule has 4 bridgehead atoms. The Balaban J connectivity index is 1.12. The topological polar surface area (TPSA) is 136 Å². The standard InChI is InChI=1S/C33H51N4O7P/c1-25(2)36(26(3)4)45(43-12-5-10-34)44-17-16-42-15-14-41-13-11-35-31(38)23-32-19-27-18-28(20-32)22-33(21-27,24-32)29-6-8-30(9-7-29)37(39)40/h6-9,25-28H,5,11-24H2,1-4H3,(H,35,38)/t27-,28+,32?,33?,45?. The van der Waals surface area contributed by atoms with Crippen molar-refractivity contribution in [3.63, 3.8) is 0 Å². The van der Waals surface area contributed by atoms with E-state index in [-0.39, 0.29) is 39.4 Å². The van der Waals surface area contributed by atoms with Crippen LogP contribution in [0.1, 0.15) is 84.6 Å². The molecule has 4 aliphatic rings. The molecule has 5 rings (SSSR count). The fourth-order valence-electron chi connectivity index (χ4n) is 8.41. The average Bonchev–Trinajstić information content (AvgIpc) is 2.96. The predicted molar refractivity (Wildman–Crippen MR) is 172 cm³/mol. The van der Waals surface area contributed by atoms with Crippen molar-refractivity contribution in [3.05, 3.63) is 39.9 Å². The highest BCUT2D eigenvalue weighted by Gasteiger charge is 2.58. The molecule has 0 radical (unpaired) electrons. The number of nitrogens with zero attached hydrogens (tertiary/aromatic N) is 3. The van der Waals surface area contributed by atoms with Crippen LogP contribution >= 0.6 is 8.53 Å². The summed E-state index contributed by atoms with van der Waals surface area (Å²) in [5.41, 5.74) is 1.37.